The average molecular weight is 283 g/mol. The van der Waals surface area contributed by atoms with Crippen molar-refractivity contribution < 1.29 is 19.1 Å². The lowest BCUT2D eigenvalue weighted by Crippen LogP contribution is -2.32. The van der Waals surface area contributed by atoms with Crippen LogP contribution in [0, 0.1) is 0 Å². The summed E-state index contributed by atoms with van der Waals surface area (Å²) in [5.41, 5.74) is 0.661. The number of allylic oxidation sites excluding steroid dienone is 2. The Morgan fingerprint density at radius 3 is 1.65 bits per heavy atom. The van der Waals surface area contributed by atoms with Crippen LogP contribution in [0.15, 0.2) is 23.4 Å². The number of hydrogen-bond donors (Lipinski definition) is 0. The molecule has 0 aromatic carbocycles. The Morgan fingerprint density at radius 1 is 0.950 bits per heavy atom. The fourth-order valence-electron chi connectivity index (χ4n) is 1.82. The zero-order chi connectivity index (χ0) is 15.9. The van der Waals surface area contributed by atoms with E-state index < -0.39 is 11.9 Å². The van der Waals surface area contributed by atoms with E-state index in [9.17, 15) is 9.59 Å². The standard InChI is InChI=1S/C15H25NO4/c1-10(2)16(11(3)4)9-12(5)8-13(14(17)19-6)15(18)20-7/h8-11H,1-7H3/b12-9+. The van der Waals surface area contributed by atoms with Gasteiger partial charge in [0, 0.05) is 18.3 Å². The van der Waals surface area contributed by atoms with E-state index in [-0.39, 0.29) is 5.57 Å². The number of nitrogens with zero attached hydrogens (tertiary/aromatic N) is 1. The van der Waals surface area contributed by atoms with Crippen molar-refractivity contribution in [1.29, 1.82) is 0 Å². The van der Waals surface area contributed by atoms with Crippen molar-refractivity contribution in [2.45, 2.75) is 46.7 Å². The molecule has 0 N–H and O–H groups in total. The lowest BCUT2D eigenvalue weighted by atomic mass is 10.1. The third kappa shape index (κ3) is 5.47. The van der Waals surface area contributed by atoms with Gasteiger partial charge in [-0.15, -0.1) is 0 Å². The number of rotatable bonds is 6. The van der Waals surface area contributed by atoms with Crippen LogP contribution in [0.5, 0.6) is 0 Å². The van der Waals surface area contributed by atoms with Crippen molar-refractivity contribution in [2.24, 2.45) is 0 Å². The van der Waals surface area contributed by atoms with Crippen LogP contribution < -0.4 is 0 Å². The molecule has 5 heteroatoms. The Labute approximate surface area is 121 Å². The Kier molecular flexibility index (Phi) is 7.65. The number of esters is 2. The first-order valence-corrected chi connectivity index (χ1v) is 6.58. The molecule has 0 aromatic rings. The largest absolute Gasteiger partial charge is 0.465 e. The zero-order valence-corrected chi connectivity index (χ0v) is 13.4. The molecule has 0 unspecified atom stereocenters. The SMILES string of the molecule is COC(=O)C(=C/C(C)=C/N(C(C)C)C(C)C)C(=O)OC. The number of methoxy groups -OCH3 is 2. The molecule has 0 aliphatic rings. The molecule has 0 rings (SSSR count). The van der Waals surface area contributed by atoms with Crippen LogP contribution in [-0.4, -0.2) is 43.1 Å². The molecule has 0 bridgehead atoms. The van der Waals surface area contributed by atoms with Gasteiger partial charge in [-0.3, -0.25) is 0 Å². The minimum atomic E-state index is -0.703. The molecule has 0 saturated carbocycles. The molecule has 0 atom stereocenters. The van der Waals surface area contributed by atoms with E-state index in [4.69, 9.17) is 0 Å². The lowest BCUT2D eigenvalue weighted by Gasteiger charge is -2.29. The summed E-state index contributed by atoms with van der Waals surface area (Å²) < 4.78 is 9.17. The molecule has 0 spiro atoms. The molecule has 0 radical (unpaired) electrons. The summed E-state index contributed by atoms with van der Waals surface area (Å²) in [6.45, 7) is 10.1. The van der Waals surface area contributed by atoms with Gasteiger partial charge in [-0.2, -0.15) is 0 Å². The monoisotopic (exact) mass is 283 g/mol. The van der Waals surface area contributed by atoms with E-state index in [2.05, 4.69) is 42.1 Å². The van der Waals surface area contributed by atoms with Crippen LogP contribution in [0.1, 0.15) is 34.6 Å². The van der Waals surface area contributed by atoms with Crippen LogP contribution in [0.4, 0.5) is 0 Å². The van der Waals surface area contributed by atoms with Crippen LogP contribution in [-0.2, 0) is 19.1 Å². The van der Waals surface area contributed by atoms with Crippen LogP contribution in [0.25, 0.3) is 0 Å². The molecule has 0 aliphatic heterocycles. The van der Waals surface area contributed by atoms with Gasteiger partial charge in [0.25, 0.3) is 0 Å². The quantitative estimate of drug-likeness (QED) is 0.246. The van der Waals surface area contributed by atoms with Gasteiger partial charge in [0.15, 0.2) is 0 Å². The summed E-state index contributed by atoms with van der Waals surface area (Å²) >= 11 is 0. The Bertz CT molecular complexity index is 382. The van der Waals surface area contributed by atoms with E-state index in [1.54, 1.807) is 0 Å². The van der Waals surface area contributed by atoms with Crippen LogP contribution in [0.2, 0.25) is 0 Å². The van der Waals surface area contributed by atoms with E-state index in [0.29, 0.717) is 12.1 Å². The normalized spacial score (nSPS) is 11.3. The van der Waals surface area contributed by atoms with E-state index in [1.807, 2.05) is 13.1 Å². The highest BCUT2D eigenvalue weighted by molar-refractivity contribution is 6.14. The predicted molar refractivity (Wildman–Crippen MR) is 78.0 cm³/mol. The summed E-state index contributed by atoms with van der Waals surface area (Å²) in [6.07, 6.45) is 3.40. The first kappa shape index (κ1) is 18.2. The lowest BCUT2D eigenvalue weighted by molar-refractivity contribution is -0.144. The molecule has 0 fully saturated rings. The topological polar surface area (TPSA) is 55.8 Å². The Balaban J connectivity index is 5.41. The number of carbonyl (C=O) groups excluding carboxylic acids is 2. The van der Waals surface area contributed by atoms with Gasteiger partial charge in [0.1, 0.15) is 5.57 Å². The highest BCUT2D eigenvalue weighted by Gasteiger charge is 2.19. The van der Waals surface area contributed by atoms with Gasteiger partial charge >= 0.3 is 11.9 Å². The van der Waals surface area contributed by atoms with Crippen molar-refractivity contribution in [2.75, 3.05) is 14.2 Å². The van der Waals surface area contributed by atoms with Gasteiger partial charge in [-0.25, -0.2) is 9.59 Å². The van der Waals surface area contributed by atoms with Gasteiger partial charge in [-0.1, -0.05) is 0 Å². The minimum absolute atomic E-state index is 0.115. The van der Waals surface area contributed by atoms with E-state index >= 15 is 0 Å². The Hall–Kier alpha value is -1.78. The third-order valence-electron chi connectivity index (χ3n) is 2.73. The zero-order valence-electron chi connectivity index (χ0n) is 13.4. The average Bonchev–Trinajstić information content (AvgIpc) is 2.39. The second-order valence-electron chi connectivity index (χ2n) is 5.05. The third-order valence-corrected chi connectivity index (χ3v) is 2.73. The van der Waals surface area contributed by atoms with Gasteiger partial charge in [0.05, 0.1) is 14.2 Å². The smallest absolute Gasteiger partial charge is 0.345 e. The van der Waals surface area contributed by atoms with Crippen molar-refractivity contribution in [3.05, 3.63) is 23.4 Å². The first-order valence-electron chi connectivity index (χ1n) is 6.58. The molecule has 0 aromatic heterocycles. The van der Waals surface area contributed by atoms with Gasteiger partial charge in [0.2, 0.25) is 0 Å². The molecular weight excluding hydrogens is 258 g/mol. The molecule has 0 saturated heterocycles. The maximum atomic E-state index is 11.6. The Morgan fingerprint density at radius 2 is 1.35 bits per heavy atom. The van der Waals surface area contributed by atoms with Crippen molar-refractivity contribution >= 4 is 11.9 Å². The second-order valence-corrected chi connectivity index (χ2v) is 5.05. The maximum Gasteiger partial charge on any atom is 0.345 e. The van der Waals surface area contributed by atoms with Crippen molar-refractivity contribution in [3.8, 4) is 0 Å². The molecule has 114 valence electrons. The summed E-state index contributed by atoms with van der Waals surface area (Å²) in [6, 6.07) is 0.635. The molecule has 0 aliphatic carbocycles. The summed E-state index contributed by atoms with van der Waals surface area (Å²) in [4.78, 5) is 25.3. The maximum absolute atomic E-state index is 11.6. The summed E-state index contributed by atoms with van der Waals surface area (Å²) in [7, 11) is 2.46. The van der Waals surface area contributed by atoms with Gasteiger partial charge in [-0.05, 0) is 46.3 Å². The fourth-order valence-corrected chi connectivity index (χ4v) is 1.82. The highest BCUT2D eigenvalue weighted by atomic mass is 16.5. The van der Waals surface area contributed by atoms with Gasteiger partial charge < -0.3 is 14.4 Å². The van der Waals surface area contributed by atoms with E-state index in [1.165, 1.54) is 20.3 Å². The summed E-state index contributed by atoms with van der Waals surface area (Å²) in [5, 5.41) is 0. The summed E-state index contributed by atoms with van der Waals surface area (Å²) in [5.74, 6) is -1.41. The minimum Gasteiger partial charge on any atom is -0.465 e. The van der Waals surface area contributed by atoms with Crippen molar-refractivity contribution in [1.82, 2.24) is 4.90 Å². The first-order chi connectivity index (χ1) is 9.24. The molecule has 20 heavy (non-hydrogen) atoms. The predicted octanol–water partition coefficient (Wildman–Crippen LogP) is 2.28. The van der Waals surface area contributed by atoms with Crippen LogP contribution >= 0.6 is 0 Å². The van der Waals surface area contributed by atoms with E-state index in [0.717, 1.165) is 5.57 Å². The molecule has 5 nitrogen and oxygen atoms in total. The van der Waals surface area contributed by atoms with Crippen molar-refractivity contribution in [3.63, 3.8) is 0 Å². The fraction of sp³-hybridized carbons (Fsp3) is 0.600. The second kappa shape index (κ2) is 8.40. The number of ether oxygens (including phenoxy) is 2. The number of carbonyl (C=O) groups is 2. The molecule has 0 heterocycles. The number of hydrogen-bond acceptors (Lipinski definition) is 5. The molecule has 0 amide bonds. The molecular formula is C15H25NO4. The highest BCUT2D eigenvalue weighted by Crippen LogP contribution is 2.12. The van der Waals surface area contributed by atoms with Crippen LogP contribution in [0.3, 0.4) is 0 Å².